The van der Waals surface area contributed by atoms with Gasteiger partial charge in [0.05, 0.1) is 17.0 Å². The van der Waals surface area contributed by atoms with Gasteiger partial charge < -0.3 is 10.1 Å². The van der Waals surface area contributed by atoms with Crippen molar-refractivity contribution in [2.24, 2.45) is 5.92 Å². The van der Waals surface area contributed by atoms with Gasteiger partial charge in [0, 0.05) is 5.38 Å². The number of thiazole rings is 2. The summed E-state index contributed by atoms with van der Waals surface area (Å²) in [5, 5.41) is 3.86. The van der Waals surface area contributed by atoms with Crippen LogP contribution >= 0.6 is 22.7 Å². The van der Waals surface area contributed by atoms with Crippen molar-refractivity contribution in [1.82, 2.24) is 9.97 Å². The number of ether oxygens (including phenoxy) is 1. The van der Waals surface area contributed by atoms with Gasteiger partial charge in [-0.3, -0.25) is 4.79 Å². The van der Waals surface area contributed by atoms with Crippen LogP contribution in [0.15, 0.2) is 29.6 Å². The molecule has 0 bridgehead atoms. The number of anilines is 1. The molecule has 13 heteroatoms. The van der Waals surface area contributed by atoms with Crippen LogP contribution in [-0.2, 0) is 15.7 Å². The molecule has 2 aromatic heterocycles. The zero-order valence-electron chi connectivity index (χ0n) is 18.8. The molecule has 0 aliphatic heterocycles. The molecule has 192 valence electrons. The predicted octanol–water partition coefficient (Wildman–Crippen LogP) is 6.54. The Hall–Kier alpha value is -2.93. The second-order valence-electron chi connectivity index (χ2n) is 8.01. The normalized spacial score (nSPS) is 20.2. The standard InChI is InChI=1S/C23H20F5N3O3S2/c1-2-34-21(33)20-29-15(10-35-20)17-18(11-5-3-6-12(9-11)23(26,27)28)36-22(30-17)31-19(32)16-13(24)7-4-8-14(16)25/h3,5-6,9-10,13-14,16H,2,4,7-8H2,1H3,(H,30,31,32)/t13-,14?,16?/m0/s1. The van der Waals surface area contributed by atoms with Crippen molar-refractivity contribution < 1.29 is 36.3 Å². The van der Waals surface area contributed by atoms with E-state index in [0.717, 1.165) is 34.8 Å². The highest BCUT2D eigenvalue weighted by Gasteiger charge is 2.39. The van der Waals surface area contributed by atoms with E-state index in [2.05, 4.69) is 15.3 Å². The van der Waals surface area contributed by atoms with Gasteiger partial charge in [-0.25, -0.2) is 23.5 Å². The van der Waals surface area contributed by atoms with Crippen LogP contribution in [0.4, 0.5) is 27.1 Å². The number of hydrogen-bond acceptors (Lipinski definition) is 7. The number of hydrogen-bond donors (Lipinski definition) is 1. The Balaban J connectivity index is 1.73. The molecule has 1 aliphatic rings. The van der Waals surface area contributed by atoms with Gasteiger partial charge in [0.1, 0.15) is 29.6 Å². The van der Waals surface area contributed by atoms with E-state index in [-0.39, 0.29) is 51.4 Å². The number of nitrogens with zero attached hydrogens (tertiary/aromatic N) is 2. The van der Waals surface area contributed by atoms with Gasteiger partial charge in [-0.15, -0.1) is 11.3 Å². The molecule has 1 saturated carbocycles. The van der Waals surface area contributed by atoms with E-state index >= 15 is 0 Å². The van der Waals surface area contributed by atoms with Crippen LogP contribution < -0.4 is 5.32 Å². The average Bonchev–Trinajstić information content (AvgIpc) is 3.46. The third-order valence-electron chi connectivity index (χ3n) is 5.55. The van der Waals surface area contributed by atoms with Crippen molar-refractivity contribution in [3.05, 3.63) is 40.2 Å². The molecule has 4 rings (SSSR count). The Morgan fingerprint density at radius 3 is 2.56 bits per heavy atom. The summed E-state index contributed by atoms with van der Waals surface area (Å²) in [5.74, 6) is -3.06. The lowest BCUT2D eigenvalue weighted by Gasteiger charge is -2.27. The molecule has 2 heterocycles. The Labute approximate surface area is 210 Å². The number of halogens is 5. The van der Waals surface area contributed by atoms with E-state index in [0.29, 0.717) is 6.42 Å². The lowest BCUT2D eigenvalue weighted by molar-refractivity contribution is -0.137. The number of alkyl halides is 5. The topological polar surface area (TPSA) is 81.2 Å². The summed E-state index contributed by atoms with van der Waals surface area (Å²) in [7, 11) is 0. The molecule has 0 spiro atoms. The number of benzene rings is 1. The molecule has 1 fully saturated rings. The van der Waals surface area contributed by atoms with Crippen LogP contribution in [0.5, 0.6) is 0 Å². The summed E-state index contributed by atoms with van der Waals surface area (Å²) in [4.78, 5) is 33.5. The first-order valence-corrected chi connectivity index (χ1v) is 12.7. The molecular weight excluding hydrogens is 525 g/mol. The number of nitrogens with one attached hydrogen (secondary N) is 1. The van der Waals surface area contributed by atoms with Crippen molar-refractivity contribution in [3.8, 4) is 21.8 Å². The number of amides is 1. The highest BCUT2D eigenvalue weighted by molar-refractivity contribution is 7.19. The highest BCUT2D eigenvalue weighted by Crippen LogP contribution is 2.42. The molecule has 3 aromatic rings. The minimum Gasteiger partial charge on any atom is -0.461 e. The van der Waals surface area contributed by atoms with Gasteiger partial charge in [-0.05, 0) is 43.9 Å². The largest absolute Gasteiger partial charge is 0.461 e. The van der Waals surface area contributed by atoms with Crippen molar-refractivity contribution in [3.63, 3.8) is 0 Å². The first-order valence-electron chi connectivity index (χ1n) is 11.0. The molecule has 6 nitrogen and oxygen atoms in total. The maximum Gasteiger partial charge on any atom is 0.416 e. The maximum absolute atomic E-state index is 14.3. The number of carbonyl (C=O) groups excluding carboxylic acids is 2. The van der Waals surface area contributed by atoms with E-state index in [4.69, 9.17) is 4.74 Å². The first kappa shape index (κ1) is 26.1. The first-order chi connectivity index (χ1) is 17.1. The Kier molecular flexibility index (Phi) is 7.69. The number of aromatic nitrogens is 2. The van der Waals surface area contributed by atoms with Gasteiger partial charge >= 0.3 is 12.1 Å². The molecule has 0 radical (unpaired) electrons. The molecule has 1 aliphatic carbocycles. The molecule has 36 heavy (non-hydrogen) atoms. The van der Waals surface area contributed by atoms with Crippen LogP contribution in [0.25, 0.3) is 21.8 Å². The van der Waals surface area contributed by atoms with Crippen molar-refractivity contribution >= 4 is 39.7 Å². The van der Waals surface area contributed by atoms with Gasteiger partial charge in [0.2, 0.25) is 10.9 Å². The van der Waals surface area contributed by atoms with E-state index in [1.807, 2.05) is 0 Å². The molecular formula is C23H20F5N3O3S2. The summed E-state index contributed by atoms with van der Waals surface area (Å²) in [6.07, 6.45) is -7.44. The lowest BCUT2D eigenvalue weighted by Crippen LogP contribution is -2.40. The Morgan fingerprint density at radius 2 is 1.89 bits per heavy atom. The maximum atomic E-state index is 14.3. The quantitative estimate of drug-likeness (QED) is 0.281. The third-order valence-corrected chi connectivity index (χ3v) is 7.39. The summed E-state index contributed by atoms with van der Waals surface area (Å²) >= 11 is 1.81. The van der Waals surface area contributed by atoms with Gasteiger partial charge in [0.15, 0.2) is 5.13 Å². The summed E-state index contributed by atoms with van der Waals surface area (Å²) in [6, 6.07) is 4.51. The van der Waals surface area contributed by atoms with Crippen LogP contribution in [0.1, 0.15) is 41.6 Å². The molecule has 2 unspecified atom stereocenters. The highest BCUT2D eigenvalue weighted by atomic mass is 32.1. The lowest BCUT2D eigenvalue weighted by atomic mass is 9.85. The SMILES string of the molecule is CCOC(=O)c1nc(-c2nc(NC(=O)C3C(F)CCC[C@@H]3F)sc2-c2cccc(C(F)(F)F)c2)cs1. The fourth-order valence-corrected chi connectivity index (χ4v) is 5.53. The smallest absolute Gasteiger partial charge is 0.416 e. The molecule has 0 saturated heterocycles. The van der Waals surface area contributed by atoms with Crippen molar-refractivity contribution in [2.75, 3.05) is 11.9 Å². The van der Waals surface area contributed by atoms with E-state index < -0.39 is 41.9 Å². The third kappa shape index (κ3) is 5.56. The molecule has 1 amide bonds. The fraction of sp³-hybridized carbons (Fsp3) is 0.391. The number of rotatable bonds is 6. The van der Waals surface area contributed by atoms with E-state index in [1.165, 1.54) is 17.5 Å². The van der Waals surface area contributed by atoms with Gasteiger partial charge in [-0.1, -0.05) is 23.5 Å². The van der Waals surface area contributed by atoms with Crippen molar-refractivity contribution in [2.45, 2.75) is 44.7 Å². The van der Waals surface area contributed by atoms with E-state index in [9.17, 15) is 31.5 Å². The average molecular weight is 546 g/mol. The summed E-state index contributed by atoms with van der Waals surface area (Å²) in [6.45, 7) is 1.76. The Bertz CT molecular complexity index is 1250. The molecule has 1 aromatic carbocycles. The van der Waals surface area contributed by atoms with Gasteiger partial charge in [0.25, 0.3) is 0 Å². The van der Waals surface area contributed by atoms with Gasteiger partial charge in [-0.2, -0.15) is 13.2 Å². The van der Waals surface area contributed by atoms with Crippen LogP contribution in [0.2, 0.25) is 0 Å². The van der Waals surface area contributed by atoms with Crippen LogP contribution in [0.3, 0.4) is 0 Å². The second kappa shape index (κ2) is 10.6. The van der Waals surface area contributed by atoms with Crippen LogP contribution in [0, 0.1) is 5.92 Å². The summed E-state index contributed by atoms with van der Waals surface area (Å²) < 4.78 is 73.5. The Morgan fingerprint density at radius 1 is 1.17 bits per heavy atom. The number of carbonyl (C=O) groups is 2. The second-order valence-corrected chi connectivity index (χ2v) is 9.87. The van der Waals surface area contributed by atoms with E-state index in [1.54, 1.807) is 6.92 Å². The fourth-order valence-electron chi connectivity index (χ4n) is 3.86. The monoisotopic (exact) mass is 545 g/mol. The zero-order chi connectivity index (χ0) is 26.0. The minimum absolute atomic E-state index is 0.0168. The molecule has 1 N–H and O–H groups in total. The van der Waals surface area contributed by atoms with Crippen molar-refractivity contribution in [1.29, 1.82) is 0 Å². The molecule has 3 atom stereocenters. The number of esters is 1. The summed E-state index contributed by atoms with van der Waals surface area (Å²) in [5.41, 5.74) is -0.457. The van der Waals surface area contributed by atoms with Crippen LogP contribution in [-0.4, -0.2) is 40.8 Å². The minimum atomic E-state index is -4.59. The predicted molar refractivity (Wildman–Crippen MR) is 125 cm³/mol. The zero-order valence-corrected chi connectivity index (χ0v) is 20.4.